The number of rotatable bonds is 3. The van der Waals surface area contributed by atoms with Gasteiger partial charge in [-0.25, -0.2) is 0 Å². The number of hydrogen-bond acceptors (Lipinski definition) is 2. The highest BCUT2D eigenvalue weighted by Crippen LogP contribution is 2.19. The van der Waals surface area contributed by atoms with Crippen molar-refractivity contribution in [3.63, 3.8) is 0 Å². The Morgan fingerprint density at radius 3 is 3.00 bits per heavy atom. The van der Waals surface area contributed by atoms with Gasteiger partial charge >= 0.3 is 0 Å². The number of pyridine rings is 1. The Labute approximate surface area is 107 Å². The molecule has 0 radical (unpaired) electrons. The van der Waals surface area contributed by atoms with E-state index >= 15 is 0 Å². The lowest BCUT2D eigenvalue weighted by molar-refractivity contribution is -0.120. The SMILES string of the molecule is CC(Cl)C(=O)NCc1ccc2c(n1)CCCC2. The largest absolute Gasteiger partial charge is 0.349 e. The summed E-state index contributed by atoms with van der Waals surface area (Å²) >= 11 is 5.68. The van der Waals surface area contributed by atoms with Crippen LogP contribution >= 0.6 is 11.6 Å². The molecule has 4 heteroatoms. The van der Waals surface area contributed by atoms with Crippen LogP contribution in [0.15, 0.2) is 12.1 Å². The van der Waals surface area contributed by atoms with Crippen LogP contribution in [0.1, 0.15) is 36.7 Å². The summed E-state index contributed by atoms with van der Waals surface area (Å²) < 4.78 is 0. The monoisotopic (exact) mass is 252 g/mol. The maximum atomic E-state index is 11.3. The average molecular weight is 253 g/mol. The van der Waals surface area contributed by atoms with Gasteiger partial charge in [-0.05, 0) is 44.2 Å². The second-order valence-corrected chi connectivity index (χ2v) is 5.10. The Morgan fingerprint density at radius 2 is 2.24 bits per heavy atom. The Morgan fingerprint density at radius 1 is 1.47 bits per heavy atom. The highest BCUT2D eigenvalue weighted by atomic mass is 35.5. The first kappa shape index (κ1) is 12.4. The molecule has 1 aromatic heterocycles. The zero-order chi connectivity index (χ0) is 12.3. The first-order valence-corrected chi connectivity index (χ1v) is 6.50. The standard InChI is InChI=1S/C13H17ClN2O/c1-9(14)13(17)15-8-11-7-6-10-4-2-3-5-12(10)16-11/h6-7,9H,2-5,8H2,1H3,(H,15,17). The fourth-order valence-electron chi connectivity index (χ4n) is 2.04. The zero-order valence-electron chi connectivity index (χ0n) is 10.0. The summed E-state index contributed by atoms with van der Waals surface area (Å²) in [7, 11) is 0. The Hall–Kier alpha value is -1.09. The summed E-state index contributed by atoms with van der Waals surface area (Å²) in [4.78, 5) is 15.9. The minimum Gasteiger partial charge on any atom is -0.349 e. The van der Waals surface area contributed by atoms with Gasteiger partial charge in [-0.15, -0.1) is 11.6 Å². The molecule has 0 aliphatic heterocycles. The number of fused-ring (bicyclic) bond motifs is 1. The molecule has 1 aliphatic carbocycles. The van der Waals surface area contributed by atoms with Crippen molar-refractivity contribution >= 4 is 17.5 Å². The number of amides is 1. The van der Waals surface area contributed by atoms with E-state index in [-0.39, 0.29) is 5.91 Å². The smallest absolute Gasteiger partial charge is 0.238 e. The number of nitrogens with one attached hydrogen (secondary N) is 1. The van der Waals surface area contributed by atoms with Crippen molar-refractivity contribution in [1.29, 1.82) is 0 Å². The summed E-state index contributed by atoms with van der Waals surface area (Å²) in [5.74, 6) is -0.147. The van der Waals surface area contributed by atoms with Gasteiger partial charge < -0.3 is 5.32 Å². The lowest BCUT2D eigenvalue weighted by Gasteiger charge is -2.15. The van der Waals surface area contributed by atoms with E-state index < -0.39 is 5.38 Å². The number of hydrogen-bond donors (Lipinski definition) is 1. The van der Waals surface area contributed by atoms with Gasteiger partial charge in [0.2, 0.25) is 5.91 Å². The van der Waals surface area contributed by atoms with E-state index in [1.165, 1.54) is 24.1 Å². The minimum atomic E-state index is -0.493. The molecule has 3 nitrogen and oxygen atoms in total. The Kier molecular flexibility index (Phi) is 4.00. The Bertz CT molecular complexity index is 418. The summed E-state index contributed by atoms with van der Waals surface area (Å²) in [5, 5.41) is 2.28. The number of aromatic nitrogens is 1. The summed E-state index contributed by atoms with van der Waals surface area (Å²) in [5.41, 5.74) is 3.47. The van der Waals surface area contributed by atoms with E-state index in [4.69, 9.17) is 11.6 Å². The normalized spacial score (nSPS) is 16.1. The van der Waals surface area contributed by atoms with Crippen LogP contribution < -0.4 is 5.32 Å². The summed E-state index contributed by atoms with van der Waals surface area (Å²) in [6, 6.07) is 4.12. The van der Waals surface area contributed by atoms with Crippen molar-refractivity contribution in [2.24, 2.45) is 0 Å². The molecule has 0 bridgehead atoms. The topological polar surface area (TPSA) is 42.0 Å². The zero-order valence-corrected chi connectivity index (χ0v) is 10.8. The van der Waals surface area contributed by atoms with Crippen LogP contribution in [-0.4, -0.2) is 16.3 Å². The molecule has 92 valence electrons. The van der Waals surface area contributed by atoms with Crippen LogP contribution in [0, 0.1) is 0 Å². The van der Waals surface area contributed by atoms with Gasteiger partial charge in [-0.1, -0.05) is 6.07 Å². The predicted molar refractivity (Wildman–Crippen MR) is 68.0 cm³/mol. The number of nitrogens with zero attached hydrogens (tertiary/aromatic N) is 1. The van der Waals surface area contributed by atoms with Crippen LogP contribution in [0.3, 0.4) is 0 Å². The molecule has 2 rings (SSSR count). The molecule has 1 unspecified atom stereocenters. The lowest BCUT2D eigenvalue weighted by atomic mass is 9.96. The average Bonchev–Trinajstić information content (AvgIpc) is 2.35. The maximum absolute atomic E-state index is 11.3. The lowest BCUT2D eigenvalue weighted by Crippen LogP contribution is -2.29. The van der Waals surface area contributed by atoms with E-state index in [2.05, 4.69) is 16.4 Å². The molecular weight excluding hydrogens is 236 g/mol. The van der Waals surface area contributed by atoms with Crippen LogP contribution in [0.25, 0.3) is 0 Å². The summed E-state index contributed by atoms with van der Waals surface area (Å²) in [6.45, 7) is 2.13. The van der Waals surface area contributed by atoms with E-state index in [1.807, 2.05) is 6.07 Å². The molecule has 1 heterocycles. The molecule has 0 fully saturated rings. The molecule has 1 aromatic rings. The van der Waals surface area contributed by atoms with Crippen LogP contribution in [-0.2, 0) is 24.2 Å². The fourth-order valence-corrected chi connectivity index (χ4v) is 2.12. The highest BCUT2D eigenvalue weighted by Gasteiger charge is 2.12. The van der Waals surface area contributed by atoms with Gasteiger partial charge in [0.1, 0.15) is 5.38 Å². The minimum absolute atomic E-state index is 0.147. The van der Waals surface area contributed by atoms with Crippen LogP contribution in [0.2, 0.25) is 0 Å². The number of aryl methyl sites for hydroxylation is 2. The van der Waals surface area contributed by atoms with Crippen molar-refractivity contribution in [3.05, 3.63) is 29.1 Å². The quantitative estimate of drug-likeness (QED) is 0.838. The third kappa shape index (κ3) is 3.19. The van der Waals surface area contributed by atoms with Gasteiger partial charge in [0.25, 0.3) is 0 Å². The Balaban J connectivity index is 2.00. The van der Waals surface area contributed by atoms with E-state index in [0.29, 0.717) is 6.54 Å². The van der Waals surface area contributed by atoms with Crippen LogP contribution in [0.5, 0.6) is 0 Å². The molecule has 0 aromatic carbocycles. The van der Waals surface area contributed by atoms with Gasteiger partial charge in [0.15, 0.2) is 0 Å². The number of alkyl halides is 1. The van der Waals surface area contributed by atoms with Crippen molar-refractivity contribution in [3.8, 4) is 0 Å². The molecule has 17 heavy (non-hydrogen) atoms. The van der Waals surface area contributed by atoms with Gasteiger partial charge in [-0.3, -0.25) is 9.78 Å². The highest BCUT2D eigenvalue weighted by molar-refractivity contribution is 6.30. The van der Waals surface area contributed by atoms with E-state index in [1.54, 1.807) is 6.92 Å². The van der Waals surface area contributed by atoms with Crippen LogP contribution in [0.4, 0.5) is 0 Å². The molecule has 1 amide bonds. The molecule has 0 spiro atoms. The molecule has 0 saturated heterocycles. The van der Waals surface area contributed by atoms with E-state index in [9.17, 15) is 4.79 Å². The van der Waals surface area contributed by atoms with Crippen molar-refractivity contribution < 1.29 is 4.79 Å². The maximum Gasteiger partial charge on any atom is 0.238 e. The van der Waals surface area contributed by atoms with Gasteiger partial charge in [-0.2, -0.15) is 0 Å². The van der Waals surface area contributed by atoms with Crippen molar-refractivity contribution in [2.75, 3.05) is 0 Å². The molecule has 1 aliphatic rings. The summed E-state index contributed by atoms with van der Waals surface area (Å²) in [6.07, 6.45) is 4.67. The molecule has 1 N–H and O–H groups in total. The first-order valence-electron chi connectivity index (χ1n) is 6.06. The number of carbonyl (C=O) groups is 1. The molecule has 0 saturated carbocycles. The molecule has 1 atom stereocenters. The second kappa shape index (κ2) is 5.50. The van der Waals surface area contributed by atoms with Gasteiger partial charge in [0, 0.05) is 5.69 Å². The predicted octanol–water partition coefficient (Wildman–Crippen LogP) is 2.20. The number of halogens is 1. The second-order valence-electron chi connectivity index (χ2n) is 4.45. The molecular formula is C13H17ClN2O. The third-order valence-corrected chi connectivity index (χ3v) is 3.24. The fraction of sp³-hybridized carbons (Fsp3) is 0.538. The van der Waals surface area contributed by atoms with E-state index in [0.717, 1.165) is 18.5 Å². The third-order valence-electron chi connectivity index (χ3n) is 3.04. The number of carbonyl (C=O) groups excluding carboxylic acids is 1. The van der Waals surface area contributed by atoms with Gasteiger partial charge in [0.05, 0.1) is 12.2 Å². The van der Waals surface area contributed by atoms with Crippen molar-refractivity contribution in [2.45, 2.75) is 44.5 Å². The van der Waals surface area contributed by atoms with Crippen molar-refractivity contribution in [1.82, 2.24) is 10.3 Å². The first-order chi connectivity index (χ1) is 8.16.